The molecule has 1 N–H and O–H groups in total. The third kappa shape index (κ3) is 6.82. The summed E-state index contributed by atoms with van der Waals surface area (Å²) in [4.78, 5) is 14.2. The molecule has 0 radical (unpaired) electrons. The third-order valence-corrected chi connectivity index (χ3v) is 6.17. The van der Waals surface area contributed by atoms with Crippen molar-refractivity contribution in [2.24, 2.45) is 0 Å². The van der Waals surface area contributed by atoms with E-state index in [0.717, 1.165) is 10.0 Å². The molecule has 0 aromatic heterocycles. The Morgan fingerprint density at radius 2 is 2.04 bits per heavy atom. The van der Waals surface area contributed by atoms with Crippen molar-refractivity contribution < 1.29 is 13.2 Å². The van der Waals surface area contributed by atoms with Crippen LogP contribution in [0.5, 0.6) is 0 Å². The Morgan fingerprint density at radius 1 is 1.39 bits per heavy atom. The summed E-state index contributed by atoms with van der Waals surface area (Å²) in [6.07, 6.45) is 2.40. The van der Waals surface area contributed by atoms with Gasteiger partial charge in [0.2, 0.25) is 15.9 Å². The first-order valence-electron chi connectivity index (χ1n) is 7.28. The van der Waals surface area contributed by atoms with Crippen molar-refractivity contribution >= 4 is 43.6 Å². The lowest BCUT2D eigenvalue weighted by molar-refractivity contribution is -0.132. The van der Waals surface area contributed by atoms with Crippen LogP contribution < -0.4 is 4.72 Å². The van der Waals surface area contributed by atoms with Gasteiger partial charge in [0.15, 0.2) is 0 Å². The molecule has 0 heterocycles. The fourth-order valence-electron chi connectivity index (χ4n) is 1.99. The summed E-state index contributed by atoms with van der Waals surface area (Å²) in [7, 11) is -1.74. The predicted molar refractivity (Wildman–Crippen MR) is 100.0 cm³/mol. The maximum absolute atomic E-state index is 12.6. The van der Waals surface area contributed by atoms with E-state index in [0.29, 0.717) is 18.7 Å². The number of sulfonamides is 1. The quantitative estimate of drug-likeness (QED) is 0.663. The average Bonchev–Trinajstić information content (AvgIpc) is 2.52. The summed E-state index contributed by atoms with van der Waals surface area (Å²) in [5, 5.41) is 0. The zero-order valence-electron chi connectivity index (χ0n) is 13.6. The van der Waals surface area contributed by atoms with Gasteiger partial charge in [0, 0.05) is 18.1 Å². The van der Waals surface area contributed by atoms with Gasteiger partial charge in [-0.2, -0.15) is 11.8 Å². The van der Waals surface area contributed by atoms with Gasteiger partial charge < -0.3 is 4.90 Å². The lowest BCUT2D eigenvalue weighted by Gasteiger charge is -2.24. The van der Waals surface area contributed by atoms with Crippen LogP contribution in [0.15, 0.2) is 28.7 Å². The summed E-state index contributed by atoms with van der Waals surface area (Å²) in [6, 6.07) is 6.94. The topological polar surface area (TPSA) is 66.5 Å². The monoisotopic (exact) mass is 422 g/mol. The van der Waals surface area contributed by atoms with Gasteiger partial charge in [0.05, 0.1) is 5.75 Å². The van der Waals surface area contributed by atoms with Gasteiger partial charge in [0.1, 0.15) is 6.04 Å². The molecule has 0 aliphatic rings. The van der Waals surface area contributed by atoms with Crippen molar-refractivity contribution in [1.29, 1.82) is 0 Å². The van der Waals surface area contributed by atoms with Gasteiger partial charge in [-0.25, -0.2) is 13.1 Å². The predicted octanol–water partition coefficient (Wildman–Crippen LogP) is 2.47. The van der Waals surface area contributed by atoms with Gasteiger partial charge in [-0.1, -0.05) is 34.1 Å². The molecule has 5 nitrogen and oxygen atoms in total. The lowest BCUT2D eigenvalue weighted by Crippen LogP contribution is -2.47. The molecule has 130 valence electrons. The number of likely N-dealkylation sites (N-methyl/N-ethyl adjacent to an activating group) is 1. The second-order valence-corrected chi connectivity index (χ2v) is 9.02. The van der Waals surface area contributed by atoms with Gasteiger partial charge >= 0.3 is 0 Å². The Labute approximate surface area is 151 Å². The van der Waals surface area contributed by atoms with E-state index >= 15 is 0 Å². The Balaban J connectivity index is 2.84. The van der Waals surface area contributed by atoms with Crippen molar-refractivity contribution in [1.82, 2.24) is 9.62 Å². The maximum atomic E-state index is 12.6. The zero-order chi connectivity index (χ0) is 17.5. The number of thioether (sulfide) groups is 1. The summed E-state index contributed by atoms with van der Waals surface area (Å²) >= 11 is 5.05. The minimum Gasteiger partial charge on any atom is -0.340 e. The van der Waals surface area contributed by atoms with E-state index in [9.17, 15) is 13.2 Å². The number of benzene rings is 1. The van der Waals surface area contributed by atoms with E-state index in [1.54, 1.807) is 30.6 Å². The SMILES string of the molecule is CCS(=O)(=O)NC(CCSC)C(=O)N(C)Cc1ccccc1Br. The molecule has 8 heteroatoms. The van der Waals surface area contributed by atoms with E-state index < -0.39 is 16.1 Å². The number of hydrogen-bond acceptors (Lipinski definition) is 4. The number of carbonyl (C=O) groups is 1. The molecule has 1 atom stereocenters. The molecular formula is C15H23BrN2O3S2. The normalized spacial score (nSPS) is 12.9. The summed E-state index contributed by atoms with van der Waals surface area (Å²) in [6.45, 7) is 1.98. The molecule has 0 saturated carbocycles. The Kier molecular flexibility index (Phi) is 8.60. The Hall–Kier alpha value is -0.570. The fourth-order valence-corrected chi connectivity index (χ4v) is 3.70. The van der Waals surface area contributed by atoms with Crippen molar-refractivity contribution in [2.75, 3.05) is 24.8 Å². The molecule has 0 spiro atoms. The van der Waals surface area contributed by atoms with Crippen LogP contribution in [0.3, 0.4) is 0 Å². The molecular weight excluding hydrogens is 400 g/mol. The molecule has 0 bridgehead atoms. The zero-order valence-corrected chi connectivity index (χ0v) is 16.8. The number of rotatable bonds is 9. The van der Waals surface area contributed by atoms with Crippen LogP contribution in [0.4, 0.5) is 0 Å². The van der Waals surface area contributed by atoms with Crippen molar-refractivity contribution in [2.45, 2.75) is 25.9 Å². The number of nitrogens with one attached hydrogen (secondary N) is 1. The molecule has 0 aliphatic carbocycles. The average molecular weight is 423 g/mol. The van der Waals surface area contributed by atoms with Crippen LogP contribution in [0, 0.1) is 0 Å². The largest absolute Gasteiger partial charge is 0.340 e. The van der Waals surface area contributed by atoms with Crippen LogP contribution in [-0.4, -0.2) is 50.1 Å². The van der Waals surface area contributed by atoms with Gasteiger partial charge in [-0.15, -0.1) is 0 Å². The van der Waals surface area contributed by atoms with Crippen LogP contribution in [0.2, 0.25) is 0 Å². The van der Waals surface area contributed by atoms with E-state index in [1.807, 2.05) is 30.5 Å². The van der Waals surface area contributed by atoms with E-state index in [2.05, 4.69) is 20.7 Å². The lowest BCUT2D eigenvalue weighted by atomic mass is 10.2. The number of halogens is 1. The first kappa shape index (κ1) is 20.5. The van der Waals surface area contributed by atoms with E-state index in [1.165, 1.54) is 0 Å². The van der Waals surface area contributed by atoms with E-state index in [-0.39, 0.29) is 11.7 Å². The van der Waals surface area contributed by atoms with Crippen LogP contribution in [-0.2, 0) is 21.4 Å². The Morgan fingerprint density at radius 3 is 2.61 bits per heavy atom. The molecule has 1 aromatic carbocycles. The highest BCUT2D eigenvalue weighted by Crippen LogP contribution is 2.18. The standard InChI is InChI=1S/C15H23BrN2O3S2/c1-4-23(20,21)17-14(9-10-22-3)15(19)18(2)11-12-7-5-6-8-13(12)16/h5-8,14,17H,4,9-11H2,1-3H3. The first-order valence-corrected chi connectivity index (χ1v) is 11.1. The van der Waals surface area contributed by atoms with Gasteiger partial charge in [-0.05, 0) is 37.0 Å². The van der Waals surface area contributed by atoms with Gasteiger partial charge in [0.25, 0.3) is 0 Å². The number of amides is 1. The first-order chi connectivity index (χ1) is 10.8. The highest BCUT2D eigenvalue weighted by atomic mass is 79.9. The smallest absolute Gasteiger partial charge is 0.240 e. The third-order valence-electron chi connectivity index (χ3n) is 3.35. The molecule has 0 fully saturated rings. The molecule has 0 aliphatic heterocycles. The second-order valence-electron chi connectivity index (χ2n) is 5.14. The minimum absolute atomic E-state index is 0.0377. The summed E-state index contributed by atoms with van der Waals surface area (Å²) in [5.41, 5.74) is 0.977. The Bertz CT molecular complexity index is 623. The van der Waals surface area contributed by atoms with Crippen molar-refractivity contribution in [3.63, 3.8) is 0 Å². The summed E-state index contributed by atoms with van der Waals surface area (Å²) < 4.78 is 27.1. The number of hydrogen-bond donors (Lipinski definition) is 1. The molecule has 0 saturated heterocycles. The highest BCUT2D eigenvalue weighted by Gasteiger charge is 2.26. The van der Waals surface area contributed by atoms with Crippen LogP contribution in [0.1, 0.15) is 18.9 Å². The minimum atomic E-state index is -3.42. The van der Waals surface area contributed by atoms with Crippen molar-refractivity contribution in [3.8, 4) is 0 Å². The fraction of sp³-hybridized carbons (Fsp3) is 0.533. The number of nitrogens with zero attached hydrogens (tertiary/aromatic N) is 1. The highest BCUT2D eigenvalue weighted by molar-refractivity contribution is 9.10. The van der Waals surface area contributed by atoms with Crippen LogP contribution >= 0.6 is 27.7 Å². The second kappa shape index (κ2) is 9.66. The molecule has 1 amide bonds. The van der Waals surface area contributed by atoms with Gasteiger partial charge in [-0.3, -0.25) is 4.79 Å². The number of carbonyl (C=O) groups excluding carboxylic acids is 1. The maximum Gasteiger partial charge on any atom is 0.240 e. The molecule has 23 heavy (non-hydrogen) atoms. The van der Waals surface area contributed by atoms with E-state index in [4.69, 9.17) is 0 Å². The molecule has 1 aromatic rings. The van der Waals surface area contributed by atoms with Crippen LogP contribution in [0.25, 0.3) is 0 Å². The molecule has 1 rings (SSSR count). The summed E-state index contributed by atoms with van der Waals surface area (Å²) in [5.74, 6) is 0.460. The molecule has 1 unspecified atom stereocenters. The van der Waals surface area contributed by atoms with Crippen molar-refractivity contribution in [3.05, 3.63) is 34.3 Å².